The first kappa shape index (κ1) is 5.06. The van der Waals surface area contributed by atoms with Crippen LogP contribution in [-0.4, -0.2) is 17.1 Å². The first-order valence-electron chi connectivity index (χ1n) is 2.75. The molecule has 42 valence electrons. The Hall–Kier alpha value is -0.0800. The summed E-state index contributed by atoms with van der Waals surface area (Å²) in [6, 6.07) is 1.24. The molecule has 1 aliphatic heterocycles. The number of nitrogens with two attached hydrogens (primary N) is 1. The van der Waals surface area contributed by atoms with Crippen LogP contribution in [0, 0.1) is 0 Å². The van der Waals surface area contributed by atoms with Crippen molar-refractivity contribution in [2.24, 2.45) is 5.84 Å². The van der Waals surface area contributed by atoms with Crippen molar-refractivity contribution in [1.82, 2.24) is 5.01 Å². The van der Waals surface area contributed by atoms with E-state index in [1.165, 1.54) is 6.42 Å². The van der Waals surface area contributed by atoms with Crippen LogP contribution in [0.3, 0.4) is 0 Å². The Morgan fingerprint density at radius 2 is 1.86 bits per heavy atom. The summed E-state index contributed by atoms with van der Waals surface area (Å²) in [6.07, 6.45) is 1.26. The monoisotopic (exact) mass is 100 g/mol. The zero-order valence-electron chi connectivity index (χ0n) is 4.89. The molecule has 0 bridgehead atoms. The minimum Gasteiger partial charge on any atom is -0.268 e. The molecule has 2 N–H and O–H groups in total. The normalized spacial score (nSPS) is 43.3. The molecule has 0 aromatic heterocycles. The minimum atomic E-state index is 0.620. The number of rotatable bonds is 0. The zero-order valence-corrected chi connectivity index (χ0v) is 4.89. The van der Waals surface area contributed by atoms with Gasteiger partial charge in [-0.15, -0.1) is 0 Å². The third kappa shape index (κ3) is 0.640. The average Bonchev–Trinajstić information content (AvgIpc) is 1.68. The quantitative estimate of drug-likeness (QED) is 0.445. The Balaban J connectivity index is 2.29. The van der Waals surface area contributed by atoms with E-state index < -0.39 is 0 Å². The summed E-state index contributed by atoms with van der Waals surface area (Å²) in [5.74, 6) is 5.50. The van der Waals surface area contributed by atoms with Crippen LogP contribution >= 0.6 is 0 Å². The van der Waals surface area contributed by atoms with Gasteiger partial charge in [0, 0.05) is 12.1 Å². The molecule has 0 radical (unpaired) electrons. The van der Waals surface area contributed by atoms with Crippen LogP contribution < -0.4 is 5.84 Å². The molecule has 1 rings (SSSR count). The number of nitrogens with zero attached hydrogens (tertiary/aromatic N) is 1. The summed E-state index contributed by atoms with van der Waals surface area (Å²) in [5.41, 5.74) is 0. The Morgan fingerprint density at radius 3 is 1.86 bits per heavy atom. The van der Waals surface area contributed by atoms with Crippen LogP contribution in [0.4, 0.5) is 0 Å². The topological polar surface area (TPSA) is 29.3 Å². The van der Waals surface area contributed by atoms with Gasteiger partial charge in [-0.05, 0) is 20.3 Å². The first-order chi connectivity index (χ1) is 3.22. The Labute approximate surface area is 44.3 Å². The summed E-state index contributed by atoms with van der Waals surface area (Å²) < 4.78 is 0. The summed E-state index contributed by atoms with van der Waals surface area (Å²) in [7, 11) is 0. The lowest BCUT2D eigenvalue weighted by Gasteiger charge is -2.41. The predicted molar refractivity (Wildman–Crippen MR) is 29.6 cm³/mol. The lowest BCUT2D eigenvalue weighted by molar-refractivity contribution is 0.0379. The maximum absolute atomic E-state index is 5.50. The van der Waals surface area contributed by atoms with E-state index in [1.54, 1.807) is 0 Å². The summed E-state index contributed by atoms with van der Waals surface area (Å²) in [6.45, 7) is 4.28. The molecule has 1 saturated heterocycles. The van der Waals surface area contributed by atoms with Crippen molar-refractivity contribution in [1.29, 1.82) is 0 Å². The standard InChI is InChI=1S/C5H12N2/c1-4-3-5(2)7(4)6/h4-5H,3,6H2,1-2H3. The fraction of sp³-hybridized carbons (Fsp3) is 1.00. The molecule has 1 aliphatic rings. The summed E-state index contributed by atoms with van der Waals surface area (Å²) in [5, 5.41) is 1.89. The van der Waals surface area contributed by atoms with E-state index in [0.717, 1.165) is 0 Å². The fourth-order valence-electron chi connectivity index (χ4n) is 1.03. The van der Waals surface area contributed by atoms with Gasteiger partial charge in [0.25, 0.3) is 0 Å². The van der Waals surface area contributed by atoms with Crippen LogP contribution in [0.15, 0.2) is 0 Å². The molecule has 1 heterocycles. The smallest absolute Gasteiger partial charge is 0.0231 e. The summed E-state index contributed by atoms with van der Waals surface area (Å²) in [4.78, 5) is 0. The number of hydrogen-bond donors (Lipinski definition) is 1. The van der Waals surface area contributed by atoms with E-state index in [1.807, 2.05) is 5.01 Å². The second-order valence-corrected chi connectivity index (χ2v) is 2.38. The molecule has 2 atom stereocenters. The van der Waals surface area contributed by atoms with Crippen molar-refractivity contribution in [3.63, 3.8) is 0 Å². The van der Waals surface area contributed by atoms with Gasteiger partial charge in [-0.1, -0.05) is 0 Å². The van der Waals surface area contributed by atoms with Crippen molar-refractivity contribution < 1.29 is 0 Å². The van der Waals surface area contributed by atoms with E-state index in [0.29, 0.717) is 12.1 Å². The third-order valence-corrected chi connectivity index (χ3v) is 1.70. The average molecular weight is 100 g/mol. The molecule has 1 fully saturated rings. The van der Waals surface area contributed by atoms with E-state index in [9.17, 15) is 0 Å². The van der Waals surface area contributed by atoms with E-state index >= 15 is 0 Å². The van der Waals surface area contributed by atoms with Gasteiger partial charge < -0.3 is 0 Å². The highest BCUT2D eigenvalue weighted by Crippen LogP contribution is 2.18. The molecule has 0 amide bonds. The van der Waals surface area contributed by atoms with Gasteiger partial charge in [0.15, 0.2) is 0 Å². The zero-order chi connectivity index (χ0) is 5.44. The van der Waals surface area contributed by atoms with Gasteiger partial charge in [0.05, 0.1) is 0 Å². The van der Waals surface area contributed by atoms with Crippen molar-refractivity contribution in [2.45, 2.75) is 32.4 Å². The highest BCUT2D eigenvalue weighted by Gasteiger charge is 2.27. The number of hydrogen-bond acceptors (Lipinski definition) is 2. The molecule has 7 heavy (non-hydrogen) atoms. The van der Waals surface area contributed by atoms with E-state index in [2.05, 4.69) is 13.8 Å². The largest absolute Gasteiger partial charge is 0.268 e. The van der Waals surface area contributed by atoms with Crippen LogP contribution in [0.2, 0.25) is 0 Å². The summed E-state index contributed by atoms with van der Waals surface area (Å²) >= 11 is 0. The van der Waals surface area contributed by atoms with E-state index in [-0.39, 0.29) is 0 Å². The van der Waals surface area contributed by atoms with Gasteiger partial charge in [0.2, 0.25) is 0 Å². The maximum Gasteiger partial charge on any atom is 0.0231 e. The van der Waals surface area contributed by atoms with Crippen molar-refractivity contribution >= 4 is 0 Å². The second kappa shape index (κ2) is 1.46. The third-order valence-electron chi connectivity index (χ3n) is 1.70. The molecule has 2 unspecified atom stereocenters. The predicted octanol–water partition coefficient (Wildman–Crippen LogP) is 0.343. The molecule has 0 saturated carbocycles. The van der Waals surface area contributed by atoms with Crippen LogP contribution in [0.1, 0.15) is 20.3 Å². The fourth-order valence-corrected chi connectivity index (χ4v) is 1.03. The lowest BCUT2D eigenvalue weighted by atomic mass is 9.99. The molecular weight excluding hydrogens is 88.1 g/mol. The Bertz CT molecular complexity index is 64.5. The first-order valence-corrected chi connectivity index (χ1v) is 2.75. The van der Waals surface area contributed by atoms with Gasteiger partial charge in [-0.3, -0.25) is 5.84 Å². The number of hydrazine groups is 1. The Morgan fingerprint density at radius 1 is 1.43 bits per heavy atom. The van der Waals surface area contributed by atoms with Gasteiger partial charge >= 0.3 is 0 Å². The SMILES string of the molecule is CC1CC(C)N1N. The highest BCUT2D eigenvalue weighted by atomic mass is 15.5. The highest BCUT2D eigenvalue weighted by molar-refractivity contribution is 4.81. The Kier molecular flexibility index (Phi) is 1.05. The van der Waals surface area contributed by atoms with Gasteiger partial charge in [-0.2, -0.15) is 0 Å². The van der Waals surface area contributed by atoms with Crippen LogP contribution in [0.25, 0.3) is 0 Å². The maximum atomic E-state index is 5.50. The molecule has 0 aromatic carbocycles. The van der Waals surface area contributed by atoms with Crippen molar-refractivity contribution in [2.75, 3.05) is 0 Å². The molecule has 2 heteroatoms. The molecule has 0 spiro atoms. The molecule has 0 aliphatic carbocycles. The molecular formula is C5H12N2. The lowest BCUT2D eigenvalue weighted by Crippen LogP contribution is -2.56. The van der Waals surface area contributed by atoms with Crippen LogP contribution in [-0.2, 0) is 0 Å². The van der Waals surface area contributed by atoms with Gasteiger partial charge in [0.1, 0.15) is 0 Å². The van der Waals surface area contributed by atoms with Gasteiger partial charge in [-0.25, -0.2) is 5.01 Å². The van der Waals surface area contributed by atoms with E-state index in [4.69, 9.17) is 5.84 Å². The molecule has 2 nitrogen and oxygen atoms in total. The molecule has 0 aromatic rings. The van der Waals surface area contributed by atoms with Crippen molar-refractivity contribution in [3.05, 3.63) is 0 Å². The van der Waals surface area contributed by atoms with Crippen molar-refractivity contribution in [3.8, 4) is 0 Å². The minimum absolute atomic E-state index is 0.620. The van der Waals surface area contributed by atoms with Crippen LogP contribution in [0.5, 0.6) is 0 Å². The second-order valence-electron chi connectivity index (χ2n) is 2.38.